The lowest BCUT2D eigenvalue weighted by Crippen LogP contribution is -2.46. The largest absolute Gasteiger partial charge is 0.342 e. The maximum absolute atomic E-state index is 12.4. The monoisotopic (exact) mass is 366 g/mol. The minimum Gasteiger partial charge on any atom is -0.342 e. The fraction of sp³-hybridized carbons (Fsp3) is 0.684. The lowest BCUT2D eigenvalue weighted by atomic mass is 9.98. The number of carbonyl (C=O) groups is 1. The van der Waals surface area contributed by atoms with E-state index in [1.54, 1.807) is 0 Å². The van der Waals surface area contributed by atoms with Crippen molar-refractivity contribution >= 4 is 18.3 Å². The molecule has 25 heavy (non-hydrogen) atoms. The summed E-state index contributed by atoms with van der Waals surface area (Å²) in [5, 5.41) is 12.7. The first kappa shape index (κ1) is 21.5. The van der Waals surface area contributed by atoms with Crippen LogP contribution in [-0.2, 0) is 18.4 Å². The van der Waals surface area contributed by atoms with E-state index in [4.69, 9.17) is 5.26 Å². The summed E-state index contributed by atoms with van der Waals surface area (Å²) in [6.45, 7) is 8.73. The smallest absolute Gasteiger partial charge is 0.225 e. The average molecular weight is 367 g/mol. The molecular formula is C19H31ClN4O. The van der Waals surface area contributed by atoms with Gasteiger partial charge in [0.15, 0.2) is 0 Å². The molecule has 1 fully saturated rings. The first-order chi connectivity index (χ1) is 11.5. The van der Waals surface area contributed by atoms with Gasteiger partial charge in [0, 0.05) is 44.3 Å². The predicted molar refractivity (Wildman–Crippen MR) is 103 cm³/mol. The number of amides is 1. The van der Waals surface area contributed by atoms with E-state index in [9.17, 15) is 4.79 Å². The van der Waals surface area contributed by atoms with E-state index in [1.807, 2.05) is 22.6 Å². The molecule has 2 rings (SSSR count). The molecule has 1 aliphatic heterocycles. The van der Waals surface area contributed by atoms with Gasteiger partial charge in [-0.3, -0.25) is 4.79 Å². The molecule has 0 radical (unpaired) electrons. The molecule has 0 spiro atoms. The molecule has 1 aliphatic rings. The van der Waals surface area contributed by atoms with Gasteiger partial charge < -0.3 is 14.8 Å². The van der Waals surface area contributed by atoms with Crippen molar-refractivity contribution in [3.63, 3.8) is 0 Å². The summed E-state index contributed by atoms with van der Waals surface area (Å²) < 4.78 is 1.94. The van der Waals surface area contributed by atoms with Gasteiger partial charge in [-0.15, -0.1) is 12.4 Å². The van der Waals surface area contributed by atoms with Gasteiger partial charge in [-0.25, -0.2) is 0 Å². The fourth-order valence-corrected chi connectivity index (χ4v) is 3.50. The molecule has 1 aromatic heterocycles. The highest BCUT2D eigenvalue weighted by atomic mass is 35.5. The van der Waals surface area contributed by atoms with Crippen LogP contribution in [0.25, 0.3) is 0 Å². The Morgan fingerprint density at radius 2 is 1.96 bits per heavy atom. The summed E-state index contributed by atoms with van der Waals surface area (Å²) in [6, 6.07) is 4.64. The minimum absolute atomic E-state index is 0. The highest BCUT2D eigenvalue weighted by Crippen LogP contribution is 2.18. The lowest BCUT2D eigenvalue weighted by molar-refractivity contribution is -0.136. The van der Waals surface area contributed by atoms with Crippen LogP contribution in [0.1, 0.15) is 56.5 Å². The molecule has 2 heterocycles. The number of piperidine rings is 1. The van der Waals surface area contributed by atoms with Crippen molar-refractivity contribution in [1.82, 2.24) is 14.8 Å². The standard InChI is InChI=1S/C19H30N4O.ClH/c1-5-15(6-2)19(24)23-9-7-17(8-10-23)21-13-16-11-18(12-20)22(4)14(16)3;/h11,15,17,21H,5-10,13H2,1-4H3;1H. The third-order valence-corrected chi connectivity index (χ3v) is 5.48. The van der Waals surface area contributed by atoms with Gasteiger partial charge in [0.1, 0.15) is 11.8 Å². The van der Waals surface area contributed by atoms with Crippen molar-refractivity contribution < 1.29 is 4.79 Å². The van der Waals surface area contributed by atoms with Crippen LogP contribution < -0.4 is 5.32 Å². The number of halogens is 1. The molecule has 0 atom stereocenters. The third-order valence-electron chi connectivity index (χ3n) is 5.48. The van der Waals surface area contributed by atoms with Gasteiger partial charge in [0.2, 0.25) is 5.91 Å². The average Bonchev–Trinajstić information content (AvgIpc) is 2.89. The van der Waals surface area contributed by atoms with Crippen LogP contribution in [0.4, 0.5) is 0 Å². The van der Waals surface area contributed by atoms with Crippen molar-refractivity contribution in [2.45, 2.75) is 59.0 Å². The van der Waals surface area contributed by atoms with Crippen LogP contribution in [0.2, 0.25) is 0 Å². The zero-order chi connectivity index (χ0) is 17.7. The molecule has 0 aliphatic carbocycles. The predicted octanol–water partition coefficient (Wildman–Crippen LogP) is 3.14. The zero-order valence-corrected chi connectivity index (χ0v) is 16.7. The van der Waals surface area contributed by atoms with Gasteiger partial charge in [-0.1, -0.05) is 13.8 Å². The summed E-state index contributed by atoms with van der Waals surface area (Å²) in [5.41, 5.74) is 3.03. The van der Waals surface area contributed by atoms with Gasteiger partial charge >= 0.3 is 0 Å². The number of nitrogens with zero attached hydrogens (tertiary/aromatic N) is 3. The van der Waals surface area contributed by atoms with E-state index in [2.05, 4.69) is 32.2 Å². The van der Waals surface area contributed by atoms with Gasteiger partial charge in [-0.05, 0) is 44.2 Å². The SMILES string of the molecule is CCC(CC)C(=O)N1CCC(NCc2cc(C#N)n(C)c2C)CC1.Cl. The molecule has 6 heteroatoms. The quantitative estimate of drug-likeness (QED) is 0.841. The maximum Gasteiger partial charge on any atom is 0.225 e. The molecule has 5 nitrogen and oxygen atoms in total. The molecule has 0 saturated carbocycles. The van der Waals surface area contributed by atoms with Crippen LogP contribution in [-0.4, -0.2) is 34.5 Å². The second-order valence-corrected chi connectivity index (χ2v) is 6.80. The Hall–Kier alpha value is -1.51. The number of hydrogen-bond acceptors (Lipinski definition) is 3. The van der Waals surface area contributed by atoms with Crippen LogP contribution in [0, 0.1) is 24.2 Å². The molecular weight excluding hydrogens is 336 g/mol. The number of carbonyl (C=O) groups excluding carboxylic acids is 1. The lowest BCUT2D eigenvalue weighted by Gasteiger charge is -2.34. The topological polar surface area (TPSA) is 61.1 Å². The van der Waals surface area contributed by atoms with Crippen molar-refractivity contribution in [1.29, 1.82) is 5.26 Å². The Morgan fingerprint density at radius 1 is 1.36 bits per heavy atom. The molecule has 1 saturated heterocycles. The van der Waals surface area contributed by atoms with Crippen molar-refractivity contribution in [3.8, 4) is 6.07 Å². The molecule has 0 unspecified atom stereocenters. The van der Waals surface area contributed by atoms with Crippen molar-refractivity contribution in [2.75, 3.05) is 13.1 Å². The molecule has 140 valence electrons. The molecule has 1 N–H and O–H groups in total. The Bertz CT molecular complexity index is 608. The van der Waals surface area contributed by atoms with Crippen LogP contribution in [0.3, 0.4) is 0 Å². The van der Waals surface area contributed by atoms with Crippen LogP contribution in [0.15, 0.2) is 6.07 Å². The second-order valence-electron chi connectivity index (χ2n) is 6.80. The summed E-state index contributed by atoms with van der Waals surface area (Å²) in [7, 11) is 1.93. The van der Waals surface area contributed by atoms with Crippen LogP contribution >= 0.6 is 12.4 Å². The number of likely N-dealkylation sites (tertiary alicyclic amines) is 1. The van der Waals surface area contributed by atoms with E-state index in [0.717, 1.165) is 51.0 Å². The highest BCUT2D eigenvalue weighted by molar-refractivity contribution is 5.85. The van der Waals surface area contributed by atoms with E-state index in [0.29, 0.717) is 17.6 Å². The summed E-state index contributed by atoms with van der Waals surface area (Å²) in [4.78, 5) is 14.5. The number of rotatable bonds is 6. The maximum atomic E-state index is 12.4. The number of hydrogen-bond donors (Lipinski definition) is 1. The number of nitrogens with one attached hydrogen (secondary N) is 1. The van der Waals surface area contributed by atoms with Gasteiger partial charge in [0.25, 0.3) is 0 Å². The minimum atomic E-state index is 0. The Balaban J connectivity index is 0.00000312. The first-order valence-electron chi connectivity index (χ1n) is 9.09. The summed E-state index contributed by atoms with van der Waals surface area (Å²) >= 11 is 0. The fourth-order valence-electron chi connectivity index (χ4n) is 3.50. The zero-order valence-electron chi connectivity index (χ0n) is 15.8. The molecule has 0 aromatic carbocycles. The van der Waals surface area contributed by atoms with Gasteiger partial charge in [0.05, 0.1) is 0 Å². The van der Waals surface area contributed by atoms with Crippen molar-refractivity contribution in [3.05, 3.63) is 23.0 Å². The number of nitriles is 1. The molecule has 1 aromatic rings. The summed E-state index contributed by atoms with van der Waals surface area (Å²) in [6.07, 6.45) is 3.87. The van der Waals surface area contributed by atoms with E-state index in [1.165, 1.54) is 5.56 Å². The molecule has 0 bridgehead atoms. The van der Waals surface area contributed by atoms with Gasteiger partial charge in [-0.2, -0.15) is 5.26 Å². The van der Waals surface area contributed by atoms with E-state index >= 15 is 0 Å². The number of aromatic nitrogens is 1. The van der Waals surface area contributed by atoms with Crippen LogP contribution in [0.5, 0.6) is 0 Å². The first-order valence-corrected chi connectivity index (χ1v) is 9.09. The molecule has 1 amide bonds. The highest BCUT2D eigenvalue weighted by Gasteiger charge is 2.26. The Kier molecular flexibility index (Phi) is 8.47. The Labute approximate surface area is 157 Å². The van der Waals surface area contributed by atoms with E-state index < -0.39 is 0 Å². The van der Waals surface area contributed by atoms with E-state index in [-0.39, 0.29) is 18.3 Å². The Morgan fingerprint density at radius 3 is 2.44 bits per heavy atom. The second kappa shape index (κ2) is 9.84. The third kappa shape index (κ3) is 4.99. The summed E-state index contributed by atoms with van der Waals surface area (Å²) in [5.74, 6) is 0.516. The van der Waals surface area contributed by atoms with Crippen molar-refractivity contribution in [2.24, 2.45) is 13.0 Å². The normalized spacial score (nSPS) is 15.1.